The number of carbonyl (C=O) groups excluding carboxylic acids is 4. The van der Waals surface area contributed by atoms with Crippen molar-refractivity contribution in [1.29, 1.82) is 0 Å². The predicted octanol–water partition coefficient (Wildman–Crippen LogP) is 3.15. The van der Waals surface area contributed by atoms with E-state index < -0.39 is 76.2 Å². The first-order valence-electron chi connectivity index (χ1n) is 15.5. The number of epoxide rings is 1. The van der Waals surface area contributed by atoms with E-state index in [0.717, 1.165) is 17.2 Å². The number of carbonyl (C=O) groups is 5. The molecular weight excluding hydrogens is 584 g/mol. The summed E-state index contributed by atoms with van der Waals surface area (Å²) in [6.45, 7) is 10.7. The molecule has 6 aliphatic rings. The number of hydrogen-bond acceptors (Lipinski definition) is 10. The van der Waals surface area contributed by atoms with Gasteiger partial charge in [-0.25, -0.2) is 14.4 Å². The normalized spacial score (nSPS) is 43.8. The van der Waals surface area contributed by atoms with E-state index >= 15 is 0 Å². The van der Waals surface area contributed by atoms with Crippen LogP contribution in [-0.2, 0) is 42.9 Å². The van der Waals surface area contributed by atoms with Crippen molar-refractivity contribution in [2.24, 2.45) is 28.6 Å². The first-order chi connectivity index (χ1) is 21.0. The van der Waals surface area contributed by atoms with Crippen LogP contribution in [0.15, 0.2) is 47.1 Å². The standard InChI is InChI=1S/C34H40O11/c1-16-13-23(43-30(40)17(16)2)18(3)21-14-26(42-19(4)35)33(41)22-15-27-34(45-27)25(44-29(39)10-9-28(37)38)8-7-24(36)32(34,6)20(22)11-12-31(21,33)5/h7-10,14,18,20,22-23,25-27,41H,11-13,15H2,1-6H3,(H,37,38)/b10-9+/t18-,20-,22+,23+,25-,26-,27+,31+,32-,33+,34+/m0/s1. The highest BCUT2D eigenvalue weighted by Crippen LogP contribution is 2.74. The average molecular weight is 625 g/mol. The molecule has 11 nitrogen and oxygen atoms in total. The van der Waals surface area contributed by atoms with Crippen LogP contribution < -0.4 is 0 Å². The molecule has 45 heavy (non-hydrogen) atoms. The first-order valence-corrected chi connectivity index (χ1v) is 15.5. The van der Waals surface area contributed by atoms with Crippen LogP contribution in [0.3, 0.4) is 0 Å². The summed E-state index contributed by atoms with van der Waals surface area (Å²) in [5, 5.41) is 21.9. The number of rotatable bonds is 6. The second kappa shape index (κ2) is 10.2. The summed E-state index contributed by atoms with van der Waals surface area (Å²) in [5.74, 6) is -4.56. The summed E-state index contributed by atoms with van der Waals surface area (Å²) in [5.41, 5.74) is -2.46. The van der Waals surface area contributed by atoms with E-state index in [-0.39, 0.29) is 17.7 Å². The van der Waals surface area contributed by atoms with Crippen LogP contribution in [0.4, 0.5) is 0 Å². The van der Waals surface area contributed by atoms with Crippen LogP contribution in [-0.4, -0.2) is 75.5 Å². The van der Waals surface area contributed by atoms with Gasteiger partial charge in [0.25, 0.3) is 0 Å². The van der Waals surface area contributed by atoms with Gasteiger partial charge in [-0.05, 0) is 70.1 Å². The molecule has 2 N–H and O–H groups in total. The van der Waals surface area contributed by atoms with E-state index in [9.17, 15) is 29.1 Å². The van der Waals surface area contributed by atoms with E-state index in [0.29, 0.717) is 37.3 Å². The van der Waals surface area contributed by atoms with Crippen LogP contribution in [0, 0.1) is 28.6 Å². The van der Waals surface area contributed by atoms with Crippen molar-refractivity contribution in [1.82, 2.24) is 0 Å². The van der Waals surface area contributed by atoms with Crippen LogP contribution in [0.25, 0.3) is 0 Å². The topological polar surface area (TPSA) is 166 Å². The molecule has 1 saturated heterocycles. The lowest BCUT2D eigenvalue weighted by Crippen LogP contribution is -2.70. The Kier molecular flexibility index (Phi) is 7.13. The van der Waals surface area contributed by atoms with E-state index in [1.165, 1.54) is 19.1 Å². The molecule has 4 aliphatic carbocycles. The molecule has 0 aromatic carbocycles. The van der Waals surface area contributed by atoms with Gasteiger partial charge in [-0.2, -0.15) is 0 Å². The molecule has 6 rings (SSSR count). The Labute approximate surface area is 261 Å². The molecule has 2 saturated carbocycles. The van der Waals surface area contributed by atoms with Gasteiger partial charge in [0.05, 0.1) is 11.5 Å². The Morgan fingerprint density at radius 2 is 1.80 bits per heavy atom. The first kappa shape index (κ1) is 31.4. The third-order valence-corrected chi connectivity index (χ3v) is 12.1. The van der Waals surface area contributed by atoms with Gasteiger partial charge in [0.15, 0.2) is 11.9 Å². The predicted molar refractivity (Wildman–Crippen MR) is 156 cm³/mol. The van der Waals surface area contributed by atoms with Crippen molar-refractivity contribution >= 4 is 29.7 Å². The zero-order valence-corrected chi connectivity index (χ0v) is 26.3. The fourth-order valence-electron chi connectivity index (χ4n) is 9.55. The molecule has 242 valence electrons. The third kappa shape index (κ3) is 4.19. The number of fused-ring (bicyclic) bond motifs is 4. The number of esters is 3. The maximum atomic E-state index is 13.9. The van der Waals surface area contributed by atoms with Crippen LogP contribution >= 0.6 is 0 Å². The Bertz CT molecular complexity index is 1520. The van der Waals surface area contributed by atoms with Gasteiger partial charge < -0.3 is 29.2 Å². The fourth-order valence-corrected chi connectivity index (χ4v) is 9.55. The molecule has 11 atom stereocenters. The van der Waals surface area contributed by atoms with E-state index in [1.54, 1.807) is 13.8 Å². The van der Waals surface area contributed by atoms with Crippen molar-refractivity contribution in [3.63, 3.8) is 0 Å². The van der Waals surface area contributed by atoms with Gasteiger partial charge in [-0.1, -0.05) is 25.0 Å². The Morgan fingerprint density at radius 3 is 2.44 bits per heavy atom. The average Bonchev–Trinajstić information content (AvgIpc) is 3.66. The molecule has 0 aromatic heterocycles. The fraction of sp³-hybridized carbons (Fsp3) is 0.618. The molecule has 0 amide bonds. The third-order valence-electron chi connectivity index (χ3n) is 12.1. The lowest BCUT2D eigenvalue weighted by molar-refractivity contribution is -0.225. The smallest absolute Gasteiger partial charge is 0.333 e. The summed E-state index contributed by atoms with van der Waals surface area (Å²) in [6, 6.07) is 0. The largest absolute Gasteiger partial charge is 0.478 e. The molecule has 2 heterocycles. The zero-order valence-electron chi connectivity index (χ0n) is 26.3. The molecule has 1 spiro atoms. The molecule has 3 fully saturated rings. The van der Waals surface area contributed by atoms with Crippen molar-refractivity contribution < 1.29 is 53.1 Å². The molecule has 2 aliphatic heterocycles. The number of hydrogen-bond donors (Lipinski definition) is 2. The number of cyclic esters (lactones) is 1. The number of aliphatic carboxylic acids is 1. The minimum atomic E-state index is -1.61. The summed E-state index contributed by atoms with van der Waals surface area (Å²) in [6.07, 6.45) is 5.06. The van der Waals surface area contributed by atoms with Crippen molar-refractivity contribution in [3.8, 4) is 0 Å². The van der Waals surface area contributed by atoms with Crippen LogP contribution in [0.1, 0.15) is 67.2 Å². The molecule has 0 bridgehead atoms. The zero-order chi connectivity index (χ0) is 32.9. The Morgan fingerprint density at radius 1 is 1.09 bits per heavy atom. The minimum absolute atomic E-state index is 0.212. The van der Waals surface area contributed by atoms with Crippen LogP contribution in [0.2, 0.25) is 0 Å². The Hall–Kier alpha value is -3.57. The van der Waals surface area contributed by atoms with Crippen molar-refractivity contribution in [2.75, 3.05) is 0 Å². The second-order valence-electron chi connectivity index (χ2n) is 14.0. The van der Waals surface area contributed by atoms with E-state index in [2.05, 4.69) is 0 Å². The summed E-state index contributed by atoms with van der Waals surface area (Å²) < 4.78 is 23.7. The van der Waals surface area contributed by atoms with E-state index in [4.69, 9.17) is 24.1 Å². The molecule has 0 unspecified atom stereocenters. The summed E-state index contributed by atoms with van der Waals surface area (Å²) >= 11 is 0. The number of aliphatic hydroxyl groups is 1. The molecule has 0 aromatic rings. The summed E-state index contributed by atoms with van der Waals surface area (Å²) in [7, 11) is 0. The Balaban J connectivity index is 1.36. The number of carboxylic acid groups (broad SMARTS) is 1. The van der Waals surface area contributed by atoms with E-state index in [1.807, 2.05) is 26.8 Å². The highest BCUT2D eigenvalue weighted by atomic mass is 16.7. The quantitative estimate of drug-likeness (QED) is 0.147. The molecule has 0 radical (unpaired) electrons. The molecular formula is C34H40O11. The van der Waals surface area contributed by atoms with Crippen molar-refractivity contribution in [3.05, 3.63) is 47.1 Å². The van der Waals surface area contributed by atoms with Gasteiger partial charge >= 0.3 is 23.9 Å². The lowest BCUT2D eigenvalue weighted by Gasteiger charge is -2.61. The second-order valence-corrected chi connectivity index (χ2v) is 14.0. The maximum Gasteiger partial charge on any atom is 0.333 e. The highest BCUT2D eigenvalue weighted by molar-refractivity contribution is 5.99. The monoisotopic (exact) mass is 624 g/mol. The van der Waals surface area contributed by atoms with Crippen LogP contribution in [0.5, 0.6) is 0 Å². The van der Waals surface area contributed by atoms with Gasteiger partial charge in [0.2, 0.25) is 0 Å². The number of ether oxygens (including phenoxy) is 4. The minimum Gasteiger partial charge on any atom is -0.478 e. The number of allylic oxidation sites excluding steroid dienone is 1. The maximum absolute atomic E-state index is 13.9. The van der Waals surface area contributed by atoms with Gasteiger partial charge in [0, 0.05) is 42.4 Å². The SMILES string of the molecule is CC(=O)O[C@H]1C=C([C@H](C)[C@H]2CC(C)=C(C)C(=O)O2)[C@@]2(C)CC[C@H]3[C@@H](C[C@H]4O[C@]45[C@@H](OC(=O)/C=C/C(=O)O)C=CC(=O)[C@]35C)[C@@]12O. The lowest BCUT2D eigenvalue weighted by atomic mass is 9.42. The number of ketones is 1. The number of carboxylic acids is 1. The molecule has 11 heteroatoms. The van der Waals surface area contributed by atoms with Gasteiger partial charge in [-0.3, -0.25) is 9.59 Å². The van der Waals surface area contributed by atoms with Crippen molar-refractivity contribution in [2.45, 2.75) is 103 Å². The highest BCUT2D eigenvalue weighted by Gasteiger charge is 2.83. The summed E-state index contributed by atoms with van der Waals surface area (Å²) in [4.78, 5) is 62.3. The van der Waals surface area contributed by atoms with Gasteiger partial charge in [-0.15, -0.1) is 0 Å². The van der Waals surface area contributed by atoms with Gasteiger partial charge in [0.1, 0.15) is 23.4 Å².